The Morgan fingerprint density at radius 2 is 2.05 bits per heavy atom. The van der Waals surface area contributed by atoms with Gasteiger partial charge in [-0.3, -0.25) is 0 Å². The standard InChI is InChI=1S/C17H26N2/c1-4-6-14(3)13-19-10-9-16-11-15(12-18-5-2)7-8-17(16)19/h7-11,14,18H,4-6,12-13H2,1-3H3. The van der Waals surface area contributed by atoms with Gasteiger partial charge in [-0.1, -0.05) is 33.3 Å². The van der Waals surface area contributed by atoms with E-state index in [2.05, 4.69) is 61.1 Å². The lowest BCUT2D eigenvalue weighted by molar-refractivity contribution is 0.453. The van der Waals surface area contributed by atoms with Crippen LogP contribution in [0, 0.1) is 5.92 Å². The third-order valence-corrected chi connectivity index (χ3v) is 3.70. The average Bonchev–Trinajstić information content (AvgIpc) is 2.79. The Labute approximate surface area is 116 Å². The van der Waals surface area contributed by atoms with Gasteiger partial charge in [-0.2, -0.15) is 0 Å². The van der Waals surface area contributed by atoms with E-state index in [4.69, 9.17) is 0 Å². The van der Waals surface area contributed by atoms with Crippen LogP contribution < -0.4 is 5.32 Å². The molecule has 0 spiro atoms. The smallest absolute Gasteiger partial charge is 0.0480 e. The first-order valence-corrected chi connectivity index (χ1v) is 7.53. The van der Waals surface area contributed by atoms with E-state index in [-0.39, 0.29) is 0 Å². The molecule has 0 aliphatic rings. The summed E-state index contributed by atoms with van der Waals surface area (Å²) in [5.74, 6) is 0.752. The predicted octanol–water partition coefficient (Wildman–Crippen LogP) is 4.19. The zero-order valence-electron chi connectivity index (χ0n) is 12.4. The molecule has 2 aromatic rings. The Bertz CT molecular complexity index is 513. The van der Waals surface area contributed by atoms with E-state index in [1.165, 1.54) is 29.3 Å². The fourth-order valence-corrected chi connectivity index (χ4v) is 2.71. The minimum Gasteiger partial charge on any atom is -0.347 e. The van der Waals surface area contributed by atoms with Gasteiger partial charge in [0, 0.05) is 24.8 Å². The van der Waals surface area contributed by atoms with Crippen LogP contribution in [-0.2, 0) is 13.1 Å². The summed E-state index contributed by atoms with van der Waals surface area (Å²) in [6.45, 7) is 9.86. The van der Waals surface area contributed by atoms with Crippen molar-refractivity contribution in [3.05, 3.63) is 36.0 Å². The molecule has 1 heterocycles. The molecular formula is C17H26N2. The first-order valence-electron chi connectivity index (χ1n) is 7.53. The van der Waals surface area contributed by atoms with E-state index >= 15 is 0 Å². The van der Waals surface area contributed by atoms with Gasteiger partial charge in [0.15, 0.2) is 0 Å². The summed E-state index contributed by atoms with van der Waals surface area (Å²) >= 11 is 0. The lowest BCUT2D eigenvalue weighted by atomic mass is 10.1. The zero-order valence-corrected chi connectivity index (χ0v) is 12.4. The monoisotopic (exact) mass is 258 g/mol. The molecule has 0 fully saturated rings. The first-order chi connectivity index (χ1) is 9.24. The van der Waals surface area contributed by atoms with Crippen LogP contribution in [0.1, 0.15) is 39.2 Å². The molecule has 104 valence electrons. The van der Waals surface area contributed by atoms with E-state index in [1.54, 1.807) is 0 Å². The van der Waals surface area contributed by atoms with E-state index in [1.807, 2.05) is 0 Å². The van der Waals surface area contributed by atoms with Gasteiger partial charge >= 0.3 is 0 Å². The van der Waals surface area contributed by atoms with Crippen LogP contribution in [0.25, 0.3) is 10.9 Å². The van der Waals surface area contributed by atoms with Crippen molar-refractivity contribution >= 4 is 10.9 Å². The molecule has 1 aromatic heterocycles. The Morgan fingerprint density at radius 3 is 2.79 bits per heavy atom. The Morgan fingerprint density at radius 1 is 1.21 bits per heavy atom. The van der Waals surface area contributed by atoms with Crippen molar-refractivity contribution in [2.75, 3.05) is 6.54 Å². The topological polar surface area (TPSA) is 17.0 Å². The number of aromatic nitrogens is 1. The second kappa shape index (κ2) is 6.76. The summed E-state index contributed by atoms with van der Waals surface area (Å²) in [5.41, 5.74) is 2.73. The minimum atomic E-state index is 0.752. The van der Waals surface area contributed by atoms with Gasteiger partial charge in [0.1, 0.15) is 0 Å². The SMILES string of the molecule is CCCC(C)Cn1ccc2cc(CNCC)ccc21. The van der Waals surface area contributed by atoms with Crippen molar-refractivity contribution in [3.8, 4) is 0 Å². The van der Waals surface area contributed by atoms with Crippen molar-refractivity contribution in [2.24, 2.45) is 5.92 Å². The molecule has 0 aliphatic heterocycles. The summed E-state index contributed by atoms with van der Waals surface area (Å²) in [4.78, 5) is 0. The average molecular weight is 258 g/mol. The number of nitrogens with one attached hydrogen (secondary N) is 1. The molecule has 2 nitrogen and oxygen atoms in total. The largest absolute Gasteiger partial charge is 0.347 e. The molecule has 1 atom stereocenters. The van der Waals surface area contributed by atoms with Crippen LogP contribution >= 0.6 is 0 Å². The quantitative estimate of drug-likeness (QED) is 0.788. The summed E-state index contributed by atoms with van der Waals surface area (Å²) < 4.78 is 2.40. The predicted molar refractivity (Wildman–Crippen MR) is 83.4 cm³/mol. The Kier molecular flexibility index (Phi) is 5.03. The van der Waals surface area contributed by atoms with Gasteiger partial charge in [0.25, 0.3) is 0 Å². The molecule has 0 amide bonds. The normalized spacial score (nSPS) is 13.0. The second-order valence-electron chi connectivity index (χ2n) is 5.54. The van der Waals surface area contributed by atoms with Crippen molar-refractivity contribution in [1.29, 1.82) is 0 Å². The molecule has 1 N–H and O–H groups in total. The molecule has 0 radical (unpaired) electrons. The molecule has 2 heteroatoms. The molecule has 2 rings (SSSR count). The van der Waals surface area contributed by atoms with E-state index in [0.717, 1.165) is 25.6 Å². The maximum Gasteiger partial charge on any atom is 0.0480 e. The van der Waals surface area contributed by atoms with E-state index in [0.29, 0.717) is 0 Å². The highest BCUT2D eigenvalue weighted by molar-refractivity contribution is 5.80. The molecule has 19 heavy (non-hydrogen) atoms. The van der Waals surface area contributed by atoms with Gasteiger partial charge in [-0.05, 0) is 48.0 Å². The molecular weight excluding hydrogens is 232 g/mol. The summed E-state index contributed by atoms with van der Waals surface area (Å²) in [5, 5.41) is 4.74. The molecule has 1 unspecified atom stereocenters. The maximum atomic E-state index is 3.38. The third-order valence-electron chi connectivity index (χ3n) is 3.70. The van der Waals surface area contributed by atoms with Crippen molar-refractivity contribution in [2.45, 2.75) is 46.7 Å². The van der Waals surface area contributed by atoms with Crippen LogP contribution in [0.3, 0.4) is 0 Å². The highest BCUT2D eigenvalue weighted by Crippen LogP contribution is 2.20. The van der Waals surface area contributed by atoms with Crippen molar-refractivity contribution < 1.29 is 0 Å². The maximum absolute atomic E-state index is 3.38. The van der Waals surface area contributed by atoms with E-state index in [9.17, 15) is 0 Å². The fourth-order valence-electron chi connectivity index (χ4n) is 2.71. The summed E-state index contributed by atoms with van der Waals surface area (Å²) in [7, 11) is 0. The number of rotatable bonds is 7. The number of hydrogen-bond acceptors (Lipinski definition) is 1. The minimum absolute atomic E-state index is 0.752. The molecule has 0 saturated heterocycles. The second-order valence-corrected chi connectivity index (χ2v) is 5.54. The number of benzene rings is 1. The summed E-state index contributed by atoms with van der Waals surface area (Å²) in [6, 6.07) is 9.05. The lowest BCUT2D eigenvalue weighted by Gasteiger charge is -2.12. The van der Waals surface area contributed by atoms with Crippen LogP contribution in [0.2, 0.25) is 0 Å². The van der Waals surface area contributed by atoms with Crippen LogP contribution in [0.5, 0.6) is 0 Å². The molecule has 0 bridgehead atoms. The highest BCUT2D eigenvalue weighted by Gasteiger charge is 2.06. The number of hydrogen-bond donors (Lipinski definition) is 1. The van der Waals surface area contributed by atoms with Gasteiger partial charge in [-0.15, -0.1) is 0 Å². The van der Waals surface area contributed by atoms with Gasteiger partial charge in [-0.25, -0.2) is 0 Å². The Balaban J connectivity index is 2.14. The van der Waals surface area contributed by atoms with Crippen molar-refractivity contribution in [1.82, 2.24) is 9.88 Å². The Hall–Kier alpha value is -1.28. The highest BCUT2D eigenvalue weighted by atomic mass is 15.0. The van der Waals surface area contributed by atoms with Crippen molar-refractivity contribution in [3.63, 3.8) is 0 Å². The number of fused-ring (bicyclic) bond motifs is 1. The van der Waals surface area contributed by atoms with Crippen LogP contribution in [0.4, 0.5) is 0 Å². The molecule has 1 aromatic carbocycles. The number of nitrogens with zero attached hydrogens (tertiary/aromatic N) is 1. The van der Waals surface area contributed by atoms with Crippen LogP contribution in [-0.4, -0.2) is 11.1 Å². The first kappa shape index (κ1) is 14.1. The molecule has 0 saturated carbocycles. The van der Waals surface area contributed by atoms with Gasteiger partial charge in [0.05, 0.1) is 0 Å². The zero-order chi connectivity index (χ0) is 13.7. The summed E-state index contributed by atoms with van der Waals surface area (Å²) in [6.07, 6.45) is 4.80. The van der Waals surface area contributed by atoms with Gasteiger partial charge < -0.3 is 9.88 Å². The molecule has 0 aliphatic carbocycles. The van der Waals surface area contributed by atoms with E-state index < -0.39 is 0 Å². The van der Waals surface area contributed by atoms with Crippen LogP contribution in [0.15, 0.2) is 30.5 Å². The fraction of sp³-hybridized carbons (Fsp3) is 0.529. The lowest BCUT2D eigenvalue weighted by Crippen LogP contribution is -2.11. The third kappa shape index (κ3) is 3.60. The van der Waals surface area contributed by atoms with Gasteiger partial charge in [0.2, 0.25) is 0 Å².